The second-order valence-electron chi connectivity index (χ2n) is 6.41. The van der Waals surface area contributed by atoms with Crippen molar-refractivity contribution in [3.05, 3.63) is 12.2 Å². The molecule has 0 aliphatic carbocycles. The Bertz CT molecular complexity index is 248. The Labute approximate surface area is 88.2 Å². The molecule has 2 aliphatic heterocycles. The number of nitrogens with zero attached hydrogens (tertiary/aromatic N) is 1. The van der Waals surface area contributed by atoms with Gasteiger partial charge in [-0.3, -0.25) is 4.90 Å². The monoisotopic (exact) mass is 193 g/mol. The summed E-state index contributed by atoms with van der Waals surface area (Å²) in [4.78, 5) is 2.68. The molecule has 0 saturated carbocycles. The van der Waals surface area contributed by atoms with Crippen LogP contribution in [0.4, 0.5) is 0 Å². The fourth-order valence-electron chi connectivity index (χ4n) is 3.48. The molecule has 0 spiro atoms. The zero-order valence-corrected chi connectivity index (χ0v) is 9.90. The van der Waals surface area contributed by atoms with Crippen LogP contribution in [-0.2, 0) is 0 Å². The first kappa shape index (κ1) is 10.2. The Morgan fingerprint density at radius 1 is 1.43 bits per heavy atom. The largest absolute Gasteiger partial charge is 0.293 e. The van der Waals surface area contributed by atoms with E-state index in [1.54, 1.807) is 0 Å². The number of fused-ring (bicyclic) bond motifs is 1. The predicted octanol–water partition coefficient (Wildman–Crippen LogP) is 3.22. The maximum atomic E-state index is 4.17. The quantitative estimate of drug-likeness (QED) is 0.578. The van der Waals surface area contributed by atoms with Gasteiger partial charge in [0.1, 0.15) is 0 Å². The molecule has 0 aromatic carbocycles. The summed E-state index contributed by atoms with van der Waals surface area (Å²) in [5.74, 6) is 0. The van der Waals surface area contributed by atoms with Crippen LogP contribution < -0.4 is 0 Å². The molecular formula is C13H23N. The lowest BCUT2D eigenvalue weighted by atomic mass is 9.77. The van der Waals surface area contributed by atoms with Gasteiger partial charge in [0, 0.05) is 12.1 Å². The fraction of sp³-hybridized carbons (Fsp3) is 0.846. The maximum Gasteiger partial charge on any atom is 0.0255 e. The molecule has 1 heteroatoms. The lowest BCUT2D eigenvalue weighted by Crippen LogP contribution is -2.41. The molecule has 0 N–H and O–H groups in total. The van der Waals surface area contributed by atoms with Crippen molar-refractivity contribution in [1.29, 1.82) is 0 Å². The summed E-state index contributed by atoms with van der Waals surface area (Å²) >= 11 is 0. The van der Waals surface area contributed by atoms with E-state index in [1.165, 1.54) is 37.8 Å². The first-order valence-electron chi connectivity index (χ1n) is 5.83. The topological polar surface area (TPSA) is 3.24 Å². The van der Waals surface area contributed by atoms with Crippen LogP contribution in [0.25, 0.3) is 0 Å². The smallest absolute Gasteiger partial charge is 0.0255 e. The molecule has 0 radical (unpaired) electrons. The van der Waals surface area contributed by atoms with Gasteiger partial charge >= 0.3 is 0 Å². The molecule has 80 valence electrons. The SMILES string of the molecule is C=C1CN2CCC[C@@]2(CC(C)(C)C)C1. The third kappa shape index (κ3) is 1.75. The molecule has 0 amide bonds. The summed E-state index contributed by atoms with van der Waals surface area (Å²) in [5.41, 5.74) is 2.40. The van der Waals surface area contributed by atoms with E-state index in [4.69, 9.17) is 0 Å². The van der Waals surface area contributed by atoms with E-state index in [-0.39, 0.29) is 0 Å². The fourth-order valence-corrected chi connectivity index (χ4v) is 3.48. The van der Waals surface area contributed by atoms with E-state index in [0.29, 0.717) is 11.0 Å². The van der Waals surface area contributed by atoms with E-state index >= 15 is 0 Å². The molecule has 0 unspecified atom stereocenters. The van der Waals surface area contributed by atoms with Gasteiger partial charge in [0.05, 0.1) is 0 Å². The van der Waals surface area contributed by atoms with E-state index in [0.717, 1.165) is 6.54 Å². The standard InChI is InChI=1S/C13H23N/c1-11-8-13(10-12(2,3)4)6-5-7-14(13)9-11/h1,5-10H2,2-4H3/t13-/m0/s1. The van der Waals surface area contributed by atoms with Gasteiger partial charge in [0.25, 0.3) is 0 Å². The predicted molar refractivity (Wildman–Crippen MR) is 61.4 cm³/mol. The molecule has 0 bridgehead atoms. The third-order valence-corrected chi connectivity index (χ3v) is 3.59. The Balaban J connectivity index is 2.16. The van der Waals surface area contributed by atoms with Gasteiger partial charge in [-0.2, -0.15) is 0 Å². The molecule has 0 aromatic rings. The highest BCUT2D eigenvalue weighted by atomic mass is 15.2. The van der Waals surface area contributed by atoms with Crippen molar-refractivity contribution < 1.29 is 0 Å². The van der Waals surface area contributed by atoms with E-state index in [9.17, 15) is 0 Å². The molecule has 1 atom stereocenters. The van der Waals surface area contributed by atoms with Gasteiger partial charge in [-0.25, -0.2) is 0 Å². The highest BCUT2D eigenvalue weighted by Gasteiger charge is 2.47. The van der Waals surface area contributed by atoms with E-state index in [1.807, 2.05) is 0 Å². The van der Waals surface area contributed by atoms with Crippen LogP contribution >= 0.6 is 0 Å². The van der Waals surface area contributed by atoms with Gasteiger partial charge in [0.15, 0.2) is 0 Å². The number of rotatable bonds is 1. The van der Waals surface area contributed by atoms with Gasteiger partial charge in [-0.1, -0.05) is 32.9 Å². The van der Waals surface area contributed by atoms with Crippen LogP contribution in [0.15, 0.2) is 12.2 Å². The van der Waals surface area contributed by atoms with Crippen LogP contribution in [-0.4, -0.2) is 23.5 Å². The summed E-state index contributed by atoms with van der Waals surface area (Å²) < 4.78 is 0. The first-order valence-corrected chi connectivity index (χ1v) is 5.83. The Morgan fingerprint density at radius 2 is 2.14 bits per heavy atom. The maximum absolute atomic E-state index is 4.17. The lowest BCUT2D eigenvalue weighted by molar-refractivity contribution is 0.130. The molecule has 2 rings (SSSR count). The highest BCUT2D eigenvalue weighted by molar-refractivity contribution is 5.18. The van der Waals surface area contributed by atoms with E-state index in [2.05, 4.69) is 32.3 Å². The second-order valence-corrected chi connectivity index (χ2v) is 6.41. The van der Waals surface area contributed by atoms with Crippen molar-refractivity contribution in [2.45, 2.75) is 52.0 Å². The summed E-state index contributed by atoms with van der Waals surface area (Å²) in [5, 5.41) is 0. The Hall–Kier alpha value is -0.300. The molecule has 2 fully saturated rings. The normalized spacial score (nSPS) is 33.8. The molecule has 0 aromatic heterocycles. The zero-order chi connectivity index (χ0) is 10.4. The Morgan fingerprint density at radius 3 is 2.79 bits per heavy atom. The minimum absolute atomic E-state index is 0.452. The summed E-state index contributed by atoms with van der Waals surface area (Å²) in [7, 11) is 0. The van der Waals surface area contributed by atoms with Gasteiger partial charge in [-0.15, -0.1) is 0 Å². The van der Waals surface area contributed by atoms with Crippen LogP contribution in [0.5, 0.6) is 0 Å². The summed E-state index contributed by atoms with van der Waals surface area (Å²) in [6.45, 7) is 13.7. The van der Waals surface area contributed by atoms with Crippen molar-refractivity contribution in [1.82, 2.24) is 4.90 Å². The van der Waals surface area contributed by atoms with Crippen molar-refractivity contribution >= 4 is 0 Å². The van der Waals surface area contributed by atoms with Crippen molar-refractivity contribution in [2.75, 3.05) is 13.1 Å². The van der Waals surface area contributed by atoms with Crippen LogP contribution in [0.3, 0.4) is 0 Å². The minimum Gasteiger partial charge on any atom is -0.293 e. The third-order valence-electron chi connectivity index (χ3n) is 3.59. The van der Waals surface area contributed by atoms with Crippen LogP contribution in [0, 0.1) is 5.41 Å². The molecular weight excluding hydrogens is 170 g/mol. The molecule has 1 nitrogen and oxygen atoms in total. The first-order chi connectivity index (χ1) is 6.41. The highest BCUT2D eigenvalue weighted by Crippen LogP contribution is 2.47. The lowest BCUT2D eigenvalue weighted by Gasteiger charge is -2.37. The van der Waals surface area contributed by atoms with Gasteiger partial charge in [-0.05, 0) is 37.6 Å². The average molecular weight is 193 g/mol. The summed E-state index contributed by atoms with van der Waals surface area (Å²) in [6.07, 6.45) is 5.37. The average Bonchev–Trinajstić information content (AvgIpc) is 2.38. The van der Waals surface area contributed by atoms with E-state index < -0.39 is 0 Å². The second kappa shape index (κ2) is 3.10. The van der Waals surface area contributed by atoms with Crippen LogP contribution in [0.1, 0.15) is 46.5 Å². The molecule has 2 saturated heterocycles. The van der Waals surface area contributed by atoms with Crippen LogP contribution in [0.2, 0.25) is 0 Å². The molecule has 14 heavy (non-hydrogen) atoms. The van der Waals surface area contributed by atoms with Gasteiger partial charge in [0.2, 0.25) is 0 Å². The van der Waals surface area contributed by atoms with Crippen molar-refractivity contribution in [3.63, 3.8) is 0 Å². The minimum atomic E-state index is 0.452. The zero-order valence-electron chi connectivity index (χ0n) is 9.90. The van der Waals surface area contributed by atoms with Crippen molar-refractivity contribution in [3.8, 4) is 0 Å². The number of hydrogen-bond donors (Lipinski definition) is 0. The van der Waals surface area contributed by atoms with Gasteiger partial charge < -0.3 is 0 Å². The Kier molecular flexibility index (Phi) is 2.26. The van der Waals surface area contributed by atoms with Crippen molar-refractivity contribution in [2.24, 2.45) is 5.41 Å². The molecule has 2 aliphatic rings. The molecule has 2 heterocycles. The number of hydrogen-bond acceptors (Lipinski definition) is 1. The summed E-state index contributed by atoms with van der Waals surface area (Å²) in [6, 6.07) is 0.